The molecular weight excluding hydrogens is 621 g/mol. The van der Waals surface area contributed by atoms with Crippen LogP contribution >= 0.6 is 0 Å². The molecular formula is C47H60N4. The molecule has 0 amide bonds. The molecule has 0 saturated carbocycles. The third-order valence-corrected chi connectivity index (χ3v) is 10.3. The molecule has 1 atom stereocenters. The van der Waals surface area contributed by atoms with E-state index in [9.17, 15) is 0 Å². The summed E-state index contributed by atoms with van der Waals surface area (Å²) in [6.07, 6.45) is 10.7. The second kappa shape index (κ2) is 18.0. The van der Waals surface area contributed by atoms with E-state index in [1.54, 1.807) is 0 Å². The number of hydrogen-bond donors (Lipinski definition) is 1. The highest BCUT2D eigenvalue weighted by molar-refractivity contribution is 5.85. The van der Waals surface area contributed by atoms with Crippen LogP contribution in [0.2, 0.25) is 0 Å². The number of hydrogen-bond acceptors (Lipinski definition) is 3. The summed E-state index contributed by atoms with van der Waals surface area (Å²) in [5, 5.41) is 6.43. The molecule has 0 spiro atoms. The van der Waals surface area contributed by atoms with Gasteiger partial charge in [-0.1, -0.05) is 97.4 Å². The van der Waals surface area contributed by atoms with Crippen LogP contribution in [-0.2, 0) is 32.4 Å². The Hall–Kier alpha value is -4.70. The highest BCUT2D eigenvalue weighted by atomic mass is 15.0. The van der Waals surface area contributed by atoms with Crippen molar-refractivity contribution in [2.45, 2.75) is 100 Å². The van der Waals surface area contributed by atoms with Gasteiger partial charge in [0, 0.05) is 60.1 Å². The summed E-state index contributed by atoms with van der Waals surface area (Å²) in [5.41, 5.74) is 14.9. The second-order valence-electron chi connectivity index (χ2n) is 14.5. The minimum Gasteiger partial charge on any atom is -0.384 e. The maximum atomic E-state index is 5.11. The fourth-order valence-corrected chi connectivity index (χ4v) is 6.79. The van der Waals surface area contributed by atoms with E-state index < -0.39 is 0 Å². The predicted octanol–water partition coefficient (Wildman–Crippen LogP) is 9.79. The Morgan fingerprint density at radius 2 is 1.43 bits per heavy atom. The van der Waals surface area contributed by atoms with Gasteiger partial charge in [0.15, 0.2) is 0 Å². The zero-order chi connectivity index (χ0) is 37.1. The van der Waals surface area contributed by atoms with Crippen LogP contribution in [0.1, 0.15) is 84.7 Å². The zero-order valence-corrected chi connectivity index (χ0v) is 32.6. The minimum absolute atomic E-state index is 0.194. The molecule has 1 unspecified atom stereocenters. The van der Waals surface area contributed by atoms with Crippen molar-refractivity contribution >= 4 is 29.3 Å². The normalized spacial score (nSPS) is 15.6. The lowest BCUT2D eigenvalue weighted by molar-refractivity contribution is 0.513. The number of aliphatic imine (C=N–C) groups is 2. The molecule has 268 valence electrons. The van der Waals surface area contributed by atoms with E-state index in [2.05, 4.69) is 162 Å². The standard InChI is InChI=1S/C45H56N4.C2H4/c1-31-11-17-38(18-12-31)21-22-40-41-29-45(8,37(7)47-30-39-19-13-32(2)14-20-39)26-24-44(41)49(27-25-35(5)46-9)43(40)23-16-36(6)48-42-28-33(3)10-15-34(42)4;1-2/h10-15,17-20,24,28-29,47H,7,16,21-23,25-27,30H2,1-6,8-9H3;1-2H2. The Kier molecular flexibility index (Phi) is 13.8. The molecule has 1 heterocycles. The maximum Gasteiger partial charge on any atom is 0.0660 e. The van der Waals surface area contributed by atoms with Gasteiger partial charge in [0.2, 0.25) is 0 Å². The van der Waals surface area contributed by atoms with Crippen molar-refractivity contribution in [2.24, 2.45) is 15.4 Å². The lowest BCUT2D eigenvalue weighted by atomic mass is 9.79. The zero-order valence-electron chi connectivity index (χ0n) is 32.6. The number of rotatable bonds is 14. The van der Waals surface area contributed by atoms with Gasteiger partial charge in [-0.25, -0.2) is 0 Å². The molecule has 51 heavy (non-hydrogen) atoms. The van der Waals surface area contributed by atoms with E-state index in [0.29, 0.717) is 0 Å². The van der Waals surface area contributed by atoms with E-state index in [4.69, 9.17) is 4.99 Å². The van der Waals surface area contributed by atoms with Gasteiger partial charge in [-0.2, -0.15) is 0 Å². The van der Waals surface area contributed by atoms with Crippen LogP contribution < -0.4 is 15.9 Å². The van der Waals surface area contributed by atoms with Gasteiger partial charge in [-0.3, -0.25) is 9.98 Å². The average molecular weight is 681 g/mol. The Bertz CT molecular complexity index is 1990. The first-order valence-corrected chi connectivity index (χ1v) is 18.5. The molecule has 1 N–H and O–H groups in total. The summed E-state index contributed by atoms with van der Waals surface area (Å²) in [4.78, 5) is 9.63. The number of allylic oxidation sites excluding steroid dienone is 1. The molecule has 5 rings (SSSR count). The van der Waals surface area contributed by atoms with Crippen molar-refractivity contribution < 1.29 is 0 Å². The van der Waals surface area contributed by atoms with Crippen LogP contribution in [0.5, 0.6) is 0 Å². The van der Waals surface area contributed by atoms with E-state index in [1.807, 2.05) is 7.05 Å². The van der Waals surface area contributed by atoms with Gasteiger partial charge < -0.3 is 9.88 Å². The number of aromatic nitrogens is 1. The second-order valence-corrected chi connectivity index (χ2v) is 14.5. The first-order chi connectivity index (χ1) is 24.5. The molecule has 0 fully saturated rings. The minimum atomic E-state index is -0.194. The number of fused-ring (bicyclic) bond motifs is 1. The lowest BCUT2D eigenvalue weighted by Crippen LogP contribution is -2.39. The molecule has 1 aromatic heterocycles. The van der Waals surface area contributed by atoms with E-state index in [0.717, 1.165) is 63.0 Å². The van der Waals surface area contributed by atoms with Gasteiger partial charge in [-0.15, -0.1) is 13.2 Å². The summed E-state index contributed by atoms with van der Waals surface area (Å²) in [6, 6.07) is 24.3. The van der Waals surface area contributed by atoms with Crippen LogP contribution in [0.25, 0.3) is 12.2 Å². The first kappa shape index (κ1) is 39.1. The number of aryl methyl sites for hydroxylation is 5. The number of nitrogens with one attached hydrogen (secondary N) is 1. The Morgan fingerprint density at radius 3 is 2.08 bits per heavy atom. The Morgan fingerprint density at radius 1 is 0.804 bits per heavy atom. The topological polar surface area (TPSA) is 41.7 Å². The van der Waals surface area contributed by atoms with Crippen molar-refractivity contribution in [3.8, 4) is 0 Å². The van der Waals surface area contributed by atoms with Crippen LogP contribution in [0.4, 0.5) is 5.69 Å². The largest absolute Gasteiger partial charge is 0.384 e. The summed E-state index contributed by atoms with van der Waals surface area (Å²) in [6.45, 7) is 27.6. The Labute approximate surface area is 308 Å². The van der Waals surface area contributed by atoms with Gasteiger partial charge in [-0.05, 0) is 113 Å². The highest BCUT2D eigenvalue weighted by Gasteiger charge is 2.29. The number of benzene rings is 3. The van der Waals surface area contributed by atoms with Crippen molar-refractivity contribution in [2.75, 3.05) is 7.05 Å². The molecule has 1 aliphatic carbocycles. The van der Waals surface area contributed by atoms with E-state index in [1.165, 1.54) is 66.6 Å². The van der Waals surface area contributed by atoms with Crippen molar-refractivity contribution in [3.63, 3.8) is 0 Å². The van der Waals surface area contributed by atoms with Gasteiger partial charge in [0.25, 0.3) is 0 Å². The van der Waals surface area contributed by atoms with E-state index >= 15 is 0 Å². The number of nitrogens with zero attached hydrogens (tertiary/aromatic N) is 3. The fourth-order valence-electron chi connectivity index (χ4n) is 6.79. The lowest BCUT2D eigenvalue weighted by Gasteiger charge is -2.30. The Balaban J connectivity index is 0.00000286. The average Bonchev–Trinajstić information content (AvgIpc) is 3.42. The molecule has 0 radical (unpaired) electrons. The third kappa shape index (κ3) is 10.2. The maximum absolute atomic E-state index is 5.11. The van der Waals surface area contributed by atoms with Crippen molar-refractivity contribution in [1.82, 2.24) is 9.88 Å². The highest BCUT2D eigenvalue weighted by Crippen LogP contribution is 2.33. The summed E-state index contributed by atoms with van der Waals surface area (Å²) < 4.78 is 2.61. The van der Waals surface area contributed by atoms with Gasteiger partial charge in [0.1, 0.15) is 0 Å². The van der Waals surface area contributed by atoms with Crippen molar-refractivity contribution in [1.29, 1.82) is 0 Å². The van der Waals surface area contributed by atoms with Crippen LogP contribution in [0.3, 0.4) is 0 Å². The van der Waals surface area contributed by atoms with Gasteiger partial charge in [0.05, 0.1) is 5.69 Å². The van der Waals surface area contributed by atoms with E-state index in [-0.39, 0.29) is 5.41 Å². The SMILES string of the molecule is C=C.C=C(NCc1ccc(C)cc1)C1(C)C=c2c(CCc3ccc(C)cc3)c(CCC(C)=Nc3cc(C)ccc3C)n(CCC(C)=NC)c2=CC1. The fraction of sp³-hybridized carbons (Fsp3) is 0.362. The third-order valence-electron chi connectivity index (χ3n) is 10.3. The van der Waals surface area contributed by atoms with Crippen LogP contribution in [0, 0.1) is 33.1 Å². The predicted molar refractivity (Wildman–Crippen MR) is 223 cm³/mol. The molecule has 0 aliphatic heterocycles. The van der Waals surface area contributed by atoms with Gasteiger partial charge >= 0.3 is 0 Å². The summed E-state index contributed by atoms with van der Waals surface area (Å²) in [5.74, 6) is 0. The molecule has 0 bridgehead atoms. The summed E-state index contributed by atoms with van der Waals surface area (Å²) >= 11 is 0. The summed E-state index contributed by atoms with van der Waals surface area (Å²) in [7, 11) is 1.90. The molecule has 1 aliphatic rings. The molecule has 4 heteroatoms. The monoisotopic (exact) mass is 680 g/mol. The molecule has 4 aromatic rings. The molecule has 0 saturated heterocycles. The smallest absolute Gasteiger partial charge is 0.0660 e. The van der Waals surface area contributed by atoms with Crippen LogP contribution in [0.15, 0.2) is 102 Å². The first-order valence-electron chi connectivity index (χ1n) is 18.5. The van der Waals surface area contributed by atoms with Crippen LogP contribution in [-0.4, -0.2) is 23.0 Å². The van der Waals surface area contributed by atoms with Crippen molar-refractivity contribution in [3.05, 3.63) is 147 Å². The molecule has 3 aromatic carbocycles. The molecule has 4 nitrogen and oxygen atoms in total. The quantitative estimate of drug-likeness (QED) is 0.105.